The Kier molecular flexibility index (Phi) is 10.9. The topological polar surface area (TPSA) is 209 Å². The molecule has 4 atom stereocenters. The smallest absolute Gasteiger partial charge is 0.326 e. The average Bonchev–Trinajstić information content (AvgIpc) is 3.25. The molecule has 0 spiro atoms. The van der Waals surface area contributed by atoms with E-state index in [0.717, 1.165) is 16.5 Å². The van der Waals surface area contributed by atoms with Gasteiger partial charge in [0.2, 0.25) is 23.6 Å². The molecule has 0 radical (unpaired) electrons. The summed E-state index contributed by atoms with van der Waals surface area (Å²) in [5.41, 5.74) is 12.4. The zero-order valence-corrected chi connectivity index (χ0v) is 21.6. The van der Waals surface area contributed by atoms with E-state index in [1.807, 2.05) is 24.3 Å². The Hall–Kier alpha value is -3.58. The van der Waals surface area contributed by atoms with E-state index in [1.54, 1.807) is 20.0 Å². The third-order valence-electron chi connectivity index (χ3n) is 5.81. The van der Waals surface area contributed by atoms with Crippen molar-refractivity contribution in [2.24, 2.45) is 17.4 Å². The predicted molar refractivity (Wildman–Crippen MR) is 141 cm³/mol. The maximum absolute atomic E-state index is 13.1. The van der Waals surface area contributed by atoms with Gasteiger partial charge in [-0.15, -0.1) is 0 Å². The molecule has 12 nitrogen and oxygen atoms in total. The van der Waals surface area contributed by atoms with E-state index in [-0.39, 0.29) is 25.0 Å². The molecule has 1 aromatic carbocycles. The van der Waals surface area contributed by atoms with Crippen molar-refractivity contribution in [1.82, 2.24) is 20.9 Å². The molecule has 0 bridgehead atoms. The monoisotopic (exact) mass is 534 g/mol. The number of aromatic amines is 1. The first-order valence-electron chi connectivity index (χ1n) is 11.8. The zero-order valence-electron chi connectivity index (χ0n) is 20.7. The molecule has 9 N–H and O–H groups in total. The lowest BCUT2D eigenvalue weighted by Crippen LogP contribution is -2.59. The number of benzene rings is 1. The molecule has 0 aliphatic rings. The van der Waals surface area contributed by atoms with Crippen LogP contribution in [0.4, 0.5) is 0 Å². The van der Waals surface area contributed by atoms with Crippen molar-refractivity contribution in [2.45, 2.75) is 57.3 Å². The molecule has 4 unspecified atom stereocenters. The van der Waals surface area contributed by atoms with Gasteiger partial charge in [0, 0.05) is 35.7 Å². The van der Waals surface area contributed by atoms with Crippen LogP contribution in [-0.4, -0.2) is 69.6 Å². The number of rotatable bonds is 14. The maximum Gasteiger partial charge on any atom is 0.326 e. The molecular formula is C24H34N6O6S. The minimum Gasteiger partial charge on any atom is -0.480 e. The SMILES string of the molecule is CC(C)C(NC(=O)C(CS)NC(=O)C(N)CCC(N)=O)C(=O)NC(Cc1c[nH]c2ccccc12)C(=O)O. The number of primary amides is 1. The molecule has 202 valence electrons. The quantitative estimate of drug-likeness (QED) is 0.148. The number of carbonyl (C=O) groups excluding carboxylic acids is 4. The van der Waals surface area contributed by atoms with Gasteiger partial charge in [0.25, 0.3) is 0 Å². The predicted octanol–water partition coefficient (Wildman–Crippen LogP) is -0.572. The number of carbonyl (C=O) groups is 5. The van der Waals surface area contributed by atoms with Crippen molar-refractivity contribution >= 4 is 53.1 Å². The average molecular weight is 535 g/mol. The first-order chi connectivity index (χ1) is 17.4. The molecule has 13 heteroatoms. The van der Waals surface area contributed by atoms with Gasteiger partial charge in [-0.3, -0.25) is 19.2 Å². The van der Waals surface area contributed by atoms with Crippen LogP contribution < -0.4 is 27.4 Å². The van der Waals surface area contributed by atoms with Gasteiger partial charge in [-0.1, -0.05) is 32.0 Å². The zero-order chi connectivity index (χ0) is 27.7. The Morgan fingerprint density at radius 3 is 2.24 bits per heavy atom. The van der Waals surface area contributed by atoms with Crippen LogP contribution in [0.1, 0.15) is 32.3 Å². The fraction of sp³-hybridized carbons (Fsp3) is 0.458. The lowest BCUT2D eigenvalue weighted by Gasteiger charge is -2.26. The lowest BCUT2D eigenvalue weighted by atomic mass is 10.0. The van der Waals surface area contributed by atoms with Crippen LogP contribution in [0.2, 0.25) is 0 Å². The van der Waals surface area contributed by atoms with Crippen LogP contribution in [0.5, 0.6) is 0 Å². The van der Waals surface area contributed by atoms with Gasteiger partial charge in [-0.2, -0.15) is 12.6 Å². The number of nitrogens with one attached hydrogen (secondary N) is 4. The van der Waals surface area contributed by atoms with Gasteiger partial charge in [-0.05, 0) is 24.0 Å². The third-order valence-corrected chi connectivity index (χ3v) is 6.18. The summed E-state index contributed by atoms with van der Waals surface area (Å²) in [4.78, 5) is 64.1. The summed E-state index contributed by atoms with van der Waals surface area (Å²) < 4.78 is 0. The highest BCUT2D eigenvalue weighted by Gasteiger charge is 2.32. The molecule has 2 aromatic rings. The molecular weight excluding hydrogens is 500 g/mol. The normalized spacial score (nSPS) is 14.4. The molecule has 2 rings (SSSR count). The summed E-state index contributed by atoms with van der Waals surface area (Å²) in [6.07, 6.45) is 1.64. The Bertz CT molecular complexity index is 1140. The molecule has 4 amide bonds. The first kappa shape index (κ1) is 29.6. The second-order valence-electron chi connectivity index (χ2n) is 9.05. The van der Waals surface area contributed by atoms with Gasteiger partial charge in [-0.25, -0.2) is 4.79 Å². The number of carboxylic acid groups (broad SMARTS) is 1. The summed E-state index contributed by atoms with van der Waals surface area (Å²) >= 11 is 4.10. The summed E-state index contributed by atoms with van der Waals surface area (Å²) in [6, 6.07) is 2.89. The van der Waals surface area contributed by atoms with E-state index in [4.69, 9.17) is 11.5 Å². The van der Waals surface area contributed by atoms with Crippen molar-refractivity contribution < 1.29 is 29.1 Å². The van der Waals surface area contributed by atoms with Gasteiger partial charge in [0.1, 0.15) is 18.1 Å². The van der Waals surface area contributed by atoms with Crippen LogP contribution >= 0.6 is 12.6 Å². The Morgan fingerprint density at radius 2 is 1.65 bits per heavy atom. The maximum atomic E-state index is 13.1. The van der Waals surface area contributed by atoms with E-state index in [9.17, 15) is 29.1 Å². The molecule has 0 aliphatic carbocycles. The molecule has 1 heterocycles. The third kappa shape index (κ3) is 8.50. The summed E-state index contributed by atoms with van der Waals surface area (Å²) in [5, 5.41) is 18.1. The van der Waals surface area contributed by atoms with E-state index >= 15 is 0 Å². The van der Waals surface area contributed by atoms with Crippen LogP contribution in [0, 0.1) is 5.92 Å². The fourth-order valence-electron chi connectivity index (χ4n) is 3.67. The lowest BCUT2D eigenvalue weighted by molar-refractivity contribution is -0.142. The minimum atomic E-state index is -1.24. The van der Waals surface area contributed by atoms with Crippen LogP contribution in [0.25, 0.3) is 10.9 Å². The van der Waals surface area contributed by atoms with Gasteiger partial charge in [0.15, 0.2) is 0 Å². The molecule has 37 heavy (non-hydrogen) atoms. The summed E-state index contributed by atoms with van der Waals surface area (Å²) in [5.74, 6) is -4.38. The second kappa shape index (κ2) is 13.7. The van der Waals surface area contributed by atoms with E-state index in [0.29, 0.717) is 0 Å². The summed E-state index contributed by atoms with van der Waals surface area (Å²) in [6.45, 7) is 3.38. The van der Waals surface area contributed by atoms with Crippen molar-refractivity contribution in [2.75, 3.05) is 5.75 Å². The molecule has 0 aliphatic heterocycles. The van der Waals surface area contributed by atoms with Crippen molar-refractivity contribution in [3.05, 3.63) is 36.0 Å². The molecule has 0 fully saturated rings. The van der Waals surface area contributed by atoms with E-state index < -0.39 is 59.7 Å². The number of carboxylic acids is 1. The van der Waals surface area contributed by atoms with E-state index in [1.165, 1.54) is 0 Å². The standard InChI is InChI=1S/C24H34N6O6S/c1-12(2)20(30-22(33)18(11-37)29-21(32)15(25)7-8-19(26)31)23(34)28-17(24(35)36)9-13-10-27-16-6-4-3-5-14(13)16/h3-6,10,12,15,17-18,20,27,37H,7-9,11,25H2,1-2H3,(H2,26,31)(H,28,34)(H,29,32)(H,30,33)(H,35,36). The fourth-order valence-corrected chi connectivity index (χ4v) is 3.93. The summed E-state index contributed by atoms with van der Waals surface area (Å²) in [7, 11) is 0. The number of aliphatic carboxylic acids is 1. The highest BCUT2D eigenvalue weighted by Crippen LogP contribution is 2.19. The number of aromatic nitrogens is 1. The number of para-hydroxylation sites is 1. The number of nitrogens with two attached hydrogens (primary N) is 2. The number of thiol groups is 1. The molecule has 0 saturated heterocycles. The number of hydrogen-bond acceptors (Lipinski definition) is 7. The first-order valence-corrected chi connectivity index (χ1v) is 12.4. The second-order valence-corrected chi connectivity index (χ2v) is 9.41. The van der Waals surface area contributed by atoms with Crippen molar-refractivity contribution in [3.63, 3.8) is 0 Å². The Labute approximate surface area is 219 Å². The van der Waals surface area contributed by atoms with Crippen LogP contribution in [-0.2, 0) is 30.4 Å². The molecule has 1 aromatic heterocycles. The van der Waals surface area contributed by atoms with Crippen molar-refractivity contribution in [1.29, 1.82) is 0 Å². The number of amides is 4. The van der Waals surface area contributed by atoms with Gasteiger partial charge in [0.05, 0.1) is 6.04 Å². The number of H-pyrrole nitrogens is 1. The molecule has 0 saturated carbocycles. The minimum absolute atomic E-state index is 0.00606. The van der Waals surface area contributed by atoms with E-state index in [2.05, 4.69) is 33.6 Å². The van der Waals surface area contributed by atoms with Crippen molar-refractivity contribution in [3.8, 4) is 0 Å². The van der Waals surface area contributed by atoms with Gasteiger partial charge >= 0.3 is 5.97 Å². The Morgan fingerprint density at radius 1 is 1.00 bits per heavy atom. The number of hydrogen-bond donors (Lipinski definition) is 8. The highest BCUT2D eigenvalue weighted by molar-refractivity contribution is 7.80. The largest absolute Gasteiger partial charge is 0.480 e. The van der Waals surface area contributed by atoms with Gasteiger partial charge < -0.3 is 37.5 Å². The Balaban J connectivity index is 2.07. The number of fused-ring (bicyclic) bond motifs is 1. The highest BCUT2D eigenvalue weighted by atomic mass is 32.1. The van der Waals surface area contributed by atoms with Crippen LogP contribution in [0.15, 0.2) is 30.5 Å². The van der Waals surface area contributed by atoms with Crippen LogP contribution in [0.3, 0.4) is 0 Å².